The molecule has 1 aliphatic heterocycles. The molecule has 9 rings (SSSR count). The molecule has 1 saturated heterocycles. The summed E-state index contributed by atoms with van der Waals surface area (Å²) in [5, 5.41) is 29.2. The third kappa shape index (κ3) is 8.42. The lowest BCUT2D eigenvalue weighted by Crippen LogP contribution is -2.01. The number of phenols is 2. The van der Waals surface area contributed by atoms with Crippen molar-refractivity contribution in [3.8, 4) is 56.7 Å². The normalized spacial score (nSPS) is 12.1. The first-order valence-corrected chi connectivity index (χ1v) is 18.6. The van der Waals surface area contributed by atoms with Crippen LogP contribution in [-0.4, -0.2) is 51.6 Å². The molecule has 3 heterocycles. The zero-order valence-electron chi connectivity index (χ0n) is 31.9. The van der Waals surface area contributed by atoms with Gasteiger partial charge >= 0.3 is 5.97 Å². The number of oxazole rings is 2. The highest BCUT2D eigenvalue weighted by Gasteiger charge is 2.19. The molecule has 0 unspecified atom stereocenters. The van der Waals surface area contributed by atoms with Crippen LogP contribution < -0.4 is 0 Å². The van der Waals surface area contributed by atoms with Crippen LogP contribution in [-0.2, 0) is 16.1 Å². The highest BCUT2D eigenvalue weighted by Crippen LogP contribution is 2.36. The Hall–Kier alpha value is -6.75. The van der Waals surface area contributed by atoms with Gasteiger partial charge in [0.1, 0.15) is 28.1 Å². The molecule has 2 aromatic heterocycles. The van der Waals surface area contributed by atoms with Crippen LogP contribution in [0.15, 0.2) is 130 Å². The van der Waals surface area contributed by atoms with Gasteiger partial charge in [0.15, 0.2) is 11.2 Å². The van der Waals surface area contributed by atoms with E-state index in [4.69, 9.17) is 13.6 Å². The third-order valence-corrected chi connectivity index (χ3v) is 9.80. The smallest absolute Gasteiger partial charge is 0.341 e. The number of aromatic hydroxyl groups is 2. The molecule has 1 aliphatic rings. The number of methoxy groups -OCH3 is 1. The van der Waals surface area contributed by atoms with E-state index in [1.54, 1.807) is 6.07 Å². The minimum Gasteiger partial charge on any atom is -0.507 e. The standard InChI is InChI=1S/C22H17NO4.C21H17NO3.C4H8O/c1-13-15(14-7-4-3-5-8-14)9-6-10-16(13)21-23-18-11-17(22(25)26-2)19(24)12-20(18)27-21;1-13-16(14-6-3-2-4-7-14)8-5-9-17(13)21-22-18-10-15(12-23)19(24)11-20(18)25-21;1-2-4-5-3-1/h3-12,24H,1-2H3;2-11,23-24H,12H2,1H3;1-4H2. The number of rotatable bonds is 6. The van der Waals surface area contributed by atoms with Crippen molar-refractivity contribution in [2.45, 2.75) is 33.3 Å². The van der Waals surface area contributed by atoms with Crippen LogP contribution in [0.1, 0.15) is 39.9 Å². The zero-order chi connectivity index (χ0) is 39.9. The van der Waals surface area contributed by atoms with Gasteiger partial charge in [0.25, 0.3) is 0 Å². The van der Waals surface area contributed by atoms with Gasteiger partial charge in [-0.15, -0.1) is 0 Å². The van der Waals surface area contributed by atoms with Crippen molar-refractivity contribution < 1.29 is 38.4 Å². The molecule has 0 amide bonds. The molecule has 1 fully saturated rings. The number of hydrogen-bond acceptors (Lipinski definition) is 10. The summed E-state index contributed by atoms with van der Waals surface area (Å²) in [5.74, 6) is 0.113. The molecule has 0 saturated carbocycles. The number of fused-ring (bicyclic) bond motifs is 2. The maximum atomic E-state index is 11.8. The molecular weight excluding hydrogens is 721 g/mol. The summed E-state index contributed by atoms with van der Waals surface area (Å²) < 4.78 is 21.3. The zero-order valence-corrected chi connectivity index (χ0v) is 31.9. The Kier molecular flexibility index (Phi) is 11.7. The molecule has 10 heteroatoms. The quantitative estimate of drug-likeness (QED) is 0.140. The number of ether oxygens (including phenoxy) is 2. The number of hydrogen-bond donors (Lipinski definition) is 3. The second kappa shape index (κ2) is 17.4. The monoisotopic (exact) mass is 762 g/mol. The molecule has 0 radical (unpaired) electrons. The van der Waals surface area contributed by atoms with Crippen molar-refractivity contribution in [2.24, 2.45) is 0 Å². The van der Waals surface area contributed by atoms with Crippen LogP contribution in [0, 0.1) is 13.8 Å². The number of benzene rings is 6. The fourth-order valence-electron chi connectivity index (χ4n) is 6.71. The van der Waals surface area contributed by atoms with Gasteiger partial charge in [0.2, 0.25) is 11.8 Å². The van der Waals surface area contributed by atoms with Crippen LogP contribution in [0.25, 0.3) is 67.4 Å². The number of phenolic OH excluding ortho intramolecular Hbond substituents is 1. The van der Waals surface area contributed by atoms with Gasteiger partial charge in [-0.05, 0) is 84.3 Å². The summed E-state index contributed by atoms with van der Waals surface area (Å²) >= 11 is 0. The average Bonchev–Trinajstić information content (AvgIpc) is 4.04. The van der Waals surface area contributed by atoms with E-state index in [0.717, 1.165) is 57.7 Å². The van der Waals surface area contributed by atoms with Crippen molar-refractivity contribution in [3.05, 3.63) is 144 Å². The van der Waals surface area contributed by atoms with Gasteiger partial charge in [0.05, 0.1) is 13.7 Å². The first-order chi connectivity index (χ1) is 27.7. The van der Waals surface area contributed by atoms with Gasteiger partial charge in [0, 0.05) is 42.0 Å². The van der Waals surface area contributed by atoms with Gasteiger partial charge < -0.3 is 33.6 Å². The summed E-state index contributed by atoms with van der Waals surface area (Å²) in [6, 6.07) is 38.2. The molecule has 288 valence electrons. The topological polar surface area (TPSA) is 148 Å². The van der Waals surface area contributed by atoms with Crippen LogP contribution in [0.2, 0.25) is 0 Å². The van der Waals surface area contributed by atoms with Crippen molar-refractivity contribution in [2.75, 3.05) is 20.3 Å². The number of aromatic nitrogens is 2. The number of aliphatic hydroxyl groups excluding tert-OH is 1. The van der Waals surface area contributed by atoms with Crippen LogP contribution in [0.3, 0.4) is 0 Å². The third-order valence-electron chi connectivity index (χ3n) is 9.80. The van der Waals surface area contributed by atoms with Crippen molar-refractivity contribution >= 4 is 28.2 Å². The Balaban J connectivity index is 0.000000155. The number of esters is 1. The first kappa shape index (κ1) is 38.5. The molecule has 3 N–H and O–H groups in total. The summed E-state index contributed by atoms with van der Waals surface area (Å²) in [6.45, 7) is 5.82. The van der Waals surface area contributed by atoms with E-state index in [1.807, 2.05) is 74.5 Å². The lowest BCUT2D eigenvalue weighted by molar-refractivity contribution is 0.0597. The summed E-state index contributed by atoms with van der Waals surface area (Å²) in [4.78, 5) is 20.8. The highest BCUT2D eigenvalue weighted by atomic mass is 16.5. The molecule has 0 atom stereocenters. The summed E-state index contributed by atoms with van der Waals surface area (Å²) in [6.07, 6.45) is 2.56. The number of nitrogens with zero attached hydrogens (tertiary/aromatic N) is 2. The molecule has 0 aliphatic carbocycles. The minimum atomic E-state index is -0.624. The van der Waals surface area contributed by atoms with Gasteiger partial charge in [-0.1, -0.05) is 84.9 Å². The predicted molar refractivity (Wildman–Crippen MR) is 220 cm³/mol. The predicted octanol–water partition coefficient (Wildman–Crippen LogP) is 10.4. The van der Waals surface area contributed by atoms with E-state index in [-0.39, 0.29) is 23.7 Å². The van der Waals surface area contributed by atoms with Crippen LogP contribution >= 0.6 is 0 Å². The molecular formula is C47H42N2O8. The van der Waals surface area contributed by atoms with E-state index < -0.39 is 5.97 Å². The summed E-state index contributed by atoms with van der Waals surface area (Å²) in [7, 11) is 1.26. The van der Waals surface area contributed by atoms with Crippen molar-refractivity contribution in [1.29, 1.82) is 0 Å². The largest absolute Gasteiger partial charge is 0.507 e. The maximum absolute atomic E-state index is 11.8. The molecule has 57 heavy (non-hydrogen) atoms. The van der Waals surface area contributed by atoms with E-state index in [9.17, 15) is 20.1 Å². The second-order valence-electron chi connectivity index (χ2n) is 13.5. The molecule has 10 nitrogen and oxygen atoms in total. The van der Waals surface area contributed by atoms with Crippen LogP contribution in [0.4, 0.5) is 0 Å². The van der Waals surface area contributed by atoms with Crippen molar-refractivity contribution in [3.63, 3.8) is 0 Å². The summed E-state index contributed by atoms with van der Waals surface area (Å²) in [5.41, 5.74) is 10.8. The molecule has 0 bridgehead atoms. The Morgan fingerprint density at radius 1 is 0.632 bits per heavy atom. The average molecular weight is 763 g/mol. The lowest BCUT2D eigenvalue weighted by atomic mass is 9.96. The first-order valence-electron chi connectivity index (χ1n) is 18.6. The molecule has 6 aromatic carbocycles. The van der Waals surface area contributed by atoms with E-state index in [2.05, 4.69) is 51.1 Å². The highest BCUT2D eigenvalue weighted by molar-refractivity contribution is 5.97. The number of aliphatic hydroxyl groups is 1. The SMILES string of the molecule is C1CCOC1.COC(=O)c1cc2nc(-c3cccc(-c4ccccc4)c3C)oc2cc1O.Cc1c(-c2ccccc2)cccc1-c1nc2cc(CO)c(O)cc2o1. The molecule has 0 spiro atoms. The minimum absolute atomic E-state index is 0.00691. The van der Waals surface area contributed by atoms with Crippen LogP contribution in [0.5, 0.6) is 11.5 Å². The number of carbonyl (C=O) groups is 1. The molecule has 8 aromatic rings. The van der Waals surface area contributed by atoms with E-state index in [1.165, 1.54) is 38.2 Å². The van der Waals surface area contributed by atoms with Gasteiger partial charge in [-0.3, -0.25) is 0 Å². The fraction of sp³-hybridized carbons (Fsp3) is 0.170. The maximum Gasteiger partial charge on any atom is 0.341 e. The van der Waals surface area contributed by atoms with E-state index >= 15 is 0 Å². The van der Waals surface area contributed by atoms with Gasteiger partial charge in [-0.25, -0.2) is 14.8 Å². The Morgan fingerprint density at radius 2 is 1.11 bits per heavy atom. The lowest BCUT2D eigenvalue weighted by Gasteiger charge is -2.09. The second-order valence-corrected chi connectivity index (χ2v) is 13.5. The number of carbonyl (C=O) groups excluding carboxylic acids is 1. The van der Waals surface area contributed by atoms with Gasteiger partial charge in [-0.2, -0.15) is 0 Å². The van der Waals surface area contributed by atoms with E-state index in [0.29, 0.717) is 39.5 Å². The van der Waals surface area contributed by atoms with Crippen molar-refractivity contribution in [1.82, 2.24) is 9.97 Å². The Morgan fingerprint density at radius 3 is 1.56 bits per heavy atom. The fourth-order valence-corrected chi connectivity index (χ4v) is 6.71. The Bertz CT molecular complexity index is 2640. The Labute approximate surface area is 329 Å².